The number of hydrogen-bond donors (Lipinski definition) is 2. The number of nitrogens with zero attached hydrogens (tertiary/aromatic N) is 2. The standard InChI is InChI=1S/C16H20N4O2/c17-15-10-13(18-19-15)14-8-4-5-9-20(14)16(21)22-11-12-6-2-1-3-7-12/h1-3,6-7,10,14H,4-5,8-9,11H2,(H3,17,18,19). The van der Waals surface area contributed by atoms with Gasteiger partial charge in [0.2, 0.25) is 0 Å². The largest absolute Gasteiger partial charge is 0.445 e. The molecule has 1 amide bonds. The number of nitrogens with two attached hydrogens (primary N) is 1. The average molecular weight is 300 g/mol. The number of nitrogens with one attached hydrogen (secondary N) is 1. The van der Waals surface area contributed by atoms with Crippen molar-refractivity contribution in [1.29, 1.82) is 0 Å². The molecule has 1 unspecified atom stereocenters. The number of ether oxygens (including phenoxy) is 1. The molecule has 3 N–H and O–H groups in total. The summed E-state index contributed by atoms with van der Waals surface area (Å²) in [6.45, 7) is 0.977. The third kappa shape index (κ3) is 3.21. The lowest BCUT2D eigenvalue weighted by Gasteiger charge is -2.34. The third-order valence-electron chi connectivity index (χ3n) is 3.92. The molecular weight excluding hydrogens is 280 g/mol. The molecule has 6 heteroatoms. The SMILES string of the molecule is Nc1cc(C2CCCCN2C(=O)OCc2ccccc2)[nH]n1. The second-order valence-corrected chi connectivity index (χ2v) is 5.49. The predicted molar refractivity (Wildman–Crippen MR) is 82.9 cm³/mol. The van der Waals surface area contributed by atoms with E-state index in [1.165, 1.54) is 0 Å². The average Bonchev–Trinajstić information content (AvgIpc) is 3.00. The molecule has 0 bridgehead atoms. The minimum atomic E-state index is -0.290. The summed E-state index contributed by atoms with van der Waals surface area (Å²) in [5, 5.41) is 6.86. The van der Waals surface area contributed by atoms with Gasteiger partial charge >= 0.3 is 6.09 Å². The Balaban J connectivity index is 1.66. The number of hydrogen-bond acceptors (Lipinski definition) is 4. The summed E-state index contributed by atoms with van der Waals surface area (Å²) in [5.41, 5.74) is 7.52. The van der Waals surface area contributed by atoms with Gasteiger partial charge in [-0.25, -0.2) is 4.79 Å². The lowest BCUT2D eigenvalue weighted by molar-refractivity contribution is 0.0669. The normalized spacial score (nSPS) is 18.2. The Kier molecular flexibility index (Phi) is 4.27. The predicted octanol–water partition coefficient (Wildman–Crippen LogP) is 2.86. The Morgan fingerprint density at radius 2 is 2.18 bits per heavy atom. The van der Waals surface area contributed by atoms with E-state index in [1.807, 2.05) is 30.3 Å². The molecular formula is C16H20N4O2. The number of piperidine rings is 1. The van der Waals surface area contributed by atoms with Gasteiger partial charge in [-0.1, -0.05) is 30.3 Å². The zero-order chi connectivity index (χ0) is 15.4. The van der Waals surface area contributed by atoms with Crippen LogP contribution in [0.4, 0.5) is 10.6 Å². The number of H-pyrrole nitrogens is 1. The van der Waals surface area contributed by atoms with Crippen LogP contribution < -0.4 is 5.73 Å². The summed E-state index contributed by atoms with van der Waals surface area (Å²) in [6, 6.07) is 11.4. The second-order valence-electron chi connectivity index (χ2n) is 5.49. The lowest BCUT2D eigenvalue weighted by Crippen LogP contribution is -2.39. The van der Waals surface area contributed by atoms with Crippen molar-refractivity contribution in [2.75, 3.05) is 12.3 Å². The van der Waals surface area contributed by atoms with Crippen molar-refractivity contribution in [3.63, 3.8) is 0 Å². The van der Waals surface area contributed by atoms with Crippen molar-refractivity contribution in [1.82, 2.24) is 15.1 Å². The number of aromatic nitrogens is 2. The van der Waals surface area contributed by atoms with Gasteiger partial charge in [-0.2, -0.15) is 5.10 Å². The maximum absolute atomic E-state index is 12.4. The van der Waals surface area contributed by atoms with Crippen molar-refractivity contribution in [2.45, 2.75) is 31.9 Å². The molecule has 1 aromatic heterocycles. The molecule has 1 fully saturated rings. The molecule has 6 nitrogen and oxygen atoms in total. The molecule has 2 aromatic rings. The van der Waals surface area contributed by atoms with Crippen LogP contribution in [0.5, 0.6) is 0 Å². The molecule has 0 radical (unpaired) electrons. The summed E-state index contributed by atoms with van der Waals surface area (Å²) >= 11 is 0. The van der Waals surface area contributed by atoms with Crippen molar-refractivity contribution >= 4 is 11.9 Å². The van der Waals surface area contributed by atoms with Gasteiger partial charge in [-0.3, -0.25) is 10.00 Å². The van der Waals surface area contributed by atoms with Crippen LogP contribution >= 0.6 is 0 Å². The number of aromatic amines is 1. The third-order valence-corrected chi connectivity index (χ3v) is 3.92. The highest BCUT2D eigenvalue weighted by Crippen LogP contribution is 2.31. The highest BCUT2D eigenvalue weighted by atomic mass is 16.6. The first-order valence-electron chi connectivity index (χ1n) is 7.52. The number of benzene rings is 1. The van der Waals surface area contributed by atoms with Gasteiger partial charge in [0.05, 0.1) is 11.7 Å². The van der Waals surface area contributed by atoms with Gasteiger partial charge in [0.1, 0.15) is 12.4 Å². The van der Waals surface area contributed by atoms with Crippen LogP contribution in [0.1, 0.15) is 36.6 Å². The van der Waals surface area contributed by atoms with Crippen molar-refractivity contribution in [3.05, 3.63) is 47.7 Å². The Hall–Kier alpha value is -2.50. The van der Waals surface area contributed by atoms with E-state index < -0.39 is 0 Å². The van der Waals surface area contributed by atoms with E-state index in [4.69, 9.17) is 10.5 Å². The fourth-order valence-electron chi connectivity index (χ4n) is 2.80. The van der Waals surface area contributed by atoms with E-state index in [1.54, 1.807) is 11.0 Å². The van der Waals surface area contributed by atoms with Crippen LogP contribution in [-0.2, 0) is 11.3 Å². The maximum atomic E-state index is 12.4. The molecule has 0 spiro atoms. The quantitative estimate of drug-likeness (QED) is 0.913. The van der Waals surface area contributed by atoms with Crippen LogP contribution in [-0.4, -0.2) is 27.7 Å². The lowest BCUT2D eigenvalue weighted by atomic mass is 10.00. The Labute approximate surface area is 129 Å². The molecule has 0 saturated carbocycles. The highest BCUT2D eigenvalue weighted by molar-refractivity contribution is 5.68. The molecule has 0 aliphatic carbocycles. The summed E-state index contributed by atoms with van der Waals surface area (Å²) in [6.07, 6.45) is 2.66. The first-order chi connectivity index (χ1) is 10.7. The monoisotopic (exact) mass is 300 g/mol. The molecule has 1 saturated heterocycles. The molecule has 1 atom stereocenters. The minimum absolute atomic E-state index is 0.0400. The first-order valence-corrected chi connectivity index (χ1v) is 7.52. The van der Waals surface area contributed by atoms with Gasteiger partial charge in [-0.05, 0) is 24.8 Å². The number of amides is 1. The molecule has 3 rings (SSSR count). The summed E-state index contributed by atoms with van der Waals surface area (Å²) < 4.78 is 5.45. The number of rotatable bonds is 3. The zero-order valence-electron chi connectivity index (χ0n) is 12.4. The Morgan fingerprint density at radius 1 is 1.36 bits per heavy atom. The maximum Gasteiger partial charge on any atom is 0.410 e. The van der Waals surface area contributed by atoms with Crippen molar-refractivity contribution in [3.8, 4) is 0 Å². The number of nitrogen functional groups attached to an aromatic ring is 1. The van der Waals surface area contributed by atoms with E-state index in [-0.39, 0.29) is 18.7 Å². The van der Waals surface area contributed by atoms with E-state index in [0.29, 0.717) is 12.4 Å². The number of carbonyl (C=O) groups excluding carboxylic acids is 1. The molecule has 1 aromatic carbocycles. The van der Waals surface area contributed by atoms with E-state index in [9.17, 15) is 4.79 Å². The van der Waals surface area contributed by atoms with Crippen LogP contribution in [0.3, 0.4) is 0 Å². The van der Waals surface area contributed by atoms with Crippen molar-refractivity contribution < 1.29 is 9.53 Å². The van der Waals surface area contributed by atoms with Crippen LogP contribution in [0, 0.1) is 0 Å². The zero-order valence-corrected chi connectivity index (χ0v) is 12.4. The smallest absolute Gasteiger partial charge is 0.410 e. The minimum Gasteiger partial charge on any atom is -0.445 e. The van der Waals surface area contributed by atoms with Crippen LogP contribution in [0.2, 0.25) is 0 Å². The number of likely N-dealkylation sites (tertiary alicyclic amines) is 1. The molecule has 2 heterocycles. The van der Waals surface area contributed by atoms with E-state index in [0.717, 1.165) is 30.5 Å². The topological polar surface area (TPSA) is 84.2 Å². The van der Waals surface area contributed by atoms with Crippen LogP contribution in [0.25, 0.3) is 0 Å². The summed E-state index contributed by atoms with van der Waals surface area (Å²) in [5.74, 6) is 0.443. The van der Waals surface area contributed by atoms with Crippen molar-refractivity contribution in [2.24, 2.45) is 0 Å². The summed E-state index contributed by atoms with van der Waals surface area (Å²) in [4.78, 5) is 14.2. The Bertz CT molecular complexity index is 626. The fraction of sp³-hybridized carbons (Fsp3) is 0.375. The first kappa shape index (κ1) is 14.4. The van der Waals surface area contributed by atoms with Crippen LogP contribution in [0.15, 0.2) is 36.4 Å². The number of anilines is 1. The van der Waals surface area contributed by atoms with E-state index in [2.05, 4.69) is 10.2 Å². The fourth-order valence-corrected chi connectivity index (χ4v) is 2.80. The van der Waals surface area contributed by atoms with Gasteiger partial charge in [0, 0.05) is 12.6 Å². The molecule has 116 valence electrons. The summed E-state index contributed by atoms with van der Waals surface area (Å²) in [7, 11) is 0. The van der Waals surface area contributed by atoms with E-state index >= 15 is 0 Å². The number of carbonyl (C=O) groups is 1. The highest BCUT2D eigenvalue weighted by Gasteiger charge is 2.30. The molecule has 1 aliphatic rings. The molecule has 1 aliphatic heterocycles. The van der Waals surface area contributed by atoms with Gasteiger partial charge in [-0.15, -0.1) is 0 Å². The Morgan fingerprint density at radius 3 is 2.91 bits per heavy atom. The second kappa shape index (κ2) is 6.51. The molecule has 22 heavy (non-hydrogen) atoms. The van der Waals surface area contributed by atoms with Gasteiger partial charge in [0.15, 0.2) is 0 Å². The van der Waals surface area contributed by atoms with Gasteiger partial charge in [0.25, 0.3) is 0 Å². The van der Waals surface area contributed by atoms with Gasteiger partial charge < -0.3 is 10.5 Å².